The molecule has 0 aliphatic carbocycles. The molecule has 0 aromatic rings. The molecule has 0 aromatic carbocycles. The number of nitrogens with two attached hydrogens (primary N) is 1. The van der Waals surface area contributed by atoms with Crippen LogP contribution < -0.4 is 5.73 Å². The Morgan fingerprint density at radius 3 is 2.23 bits per heavy atom. The number of hydrogen-bond acceptors (Lipinski definition) is 4. The van der Waals surface area contributed by atoms with E-state index in [0.29, 0.717) is 6.42 Å². The first-order valence-corrected chi connectivity index (χ1v) is 4.11. The zero-order valence-corrected chi connectivity index (χ0v) is 7.99. The van der Waals surface area contributed by atoms with Crippen LogP contribution in [-0.4, -0.2) is 35.1 Å². The number of aliphatic hydroxyl groups is 2. The van der Waals surface area contributed by atoms with Crippen LogP contribution in [0.25, 0.3) is 0 Å². The molecule has 0 saturated carbocycles. The second-order valence-corrected chi connectivity index (χ2v) is 3.62. The molecule has 13 heavy (non-hydrogen) atoms. The minimum absolute atomic E-state index is 0.137. The third kappa shape index (κ3) is 5.43. The second-order valence-electron chi connectivity index (χ2n) is 3.62. The Labute approximate surface area is 77.5 Å². The van der Waals surface area contributed by atoms with Crippen LogP contribution in [0.1, 0.15) is 20.3 Å². The van der Waals surface area contributed by atoms with Gasteiger partial charge in [0.05, 0.1) is 0 Å². The normalized spacial score (nSPS) is 11.8. The van der Waals surface area contributed by atoms with Crippen molar-refractivity contribution in [3.63, 3.8) is 0 Å². The molecule has 1 amide bonds. The highest BCUT2D eigenvalue weighted by Crippen LogP contribution is 2.19. The molecule has 5 nitrogen and oxygen atoms in total. The summed E-state index contributed by atoms with van der Waals surface area (Å²) in [4.78, 5) is 10.4. The van der Waals surface area contributed by atoms with Crippen LogP contribution in [0.2, 0.25) is 0 Å². The first-order valence-electron chi connectivity index (χ1n) is 4.11. The summed E-state index contributed by atoms with van der Waals surface area (Å²) in [6, 6.07) is 0. The molecule has 5 heteroatoms. The molecular formula is C8H17NO4. The molecule has 0 spiro atoms. The van der Waals surface area contributed by atoms with Crippen molar-refractivity contribution in [2.24, 2.45) is 11.7 Å². The third-order valence-electron chi connectivity index (χ3n) is 1.67. The molecule has 0 heterocycles. The van der Waals surface area contributed by atoms with Crippen molar-refractivity contribution in [3.8, 4) is 0 Å². The third-order valence-corrected chi connectivity index (χ3v) is 1.67. The number of carbonyl (C=O) groups excluding carboxylic acids is 1. The standard InChI is InChI=1S/C8H17NO4/c1-8(2,13-7(9)12)3-6(4-10)5-11/h6,10-11H,3-5H2,1-2H3,(H2,9,12). The van der Waals surface area contributed by atoms with Gasteiger partial charge in [-0.15, -0.1) is 0 Å². The number of rotatable bonds is 5. The van der Waals surface area contributed by atoms with Gasteiger partial charge in [-0.05, 0) is 20.3 Å². The number of carbonyl (C=O) groups is 1. The number of primary amides is 1. The van der Waals surface area contributed by atoms with Gasteiger partial charge in [-0.1, -0.05) is 0 Å². The second kappa shape index (κ2) is 5.04. The minimum Gasteiger partial charge on any atom is -0.444 e. The average molecular weight is 191 g/mol. The molecular weight excluding hydrogens is 174 g/mol. The van der Waals surface area contributed by atoms with E-state index in [2.05, 4.69) is 0 Å². The number of hydrogen-bond donors (Lipinski definition) is 3. The Morgan fingerprint density at radius 2 is 1.92 bits per heavy atom. The van der Waals surface area contributed by atoms with E-state index in [4.69, 9.17) is 20.7 Å². The molecule has 4 N–H and O–H groups in total. The van der Waals surface area contributed by atoms with Crippen LogP contribution >= 0.6 is 0 Å². The Bertz CT molecular complexity index is 166. The molecule has 0 radical (unpaired) electrons. The fraction of sp³-hybridized carbons (Fsp3) is 0.875. The van der Waals surface area contributed by atoms with Gasteiger partial charge in [-0.25, -0.2) is 4.79 Å². The summed E-state index contributed by atoms with van der Waals surface area (Å²) in [5.74, 6) is -0.283. The van der Waals surface area contributed by atoms with Crippen LogP contribution in [0.4, 0.5) is 4.79 Å². The summed E-state index contributed by atoms with van der Waals surface area (Å²) in [7, 11) is 0. The van der Waals surface area contributed by atoms with E-state index >= 15 is 0 Å². The smallest absolute Gasteiger partial charge is 0.405 e. The lowest BCUT2D eigenvalue weighted by Crippen LogP contribution is -2.34. The summed E-state index contributed by atoms with van der Waals surface area (Å²) in [5, 5.41) is 17.6. The van der Waals surface area contributed by atoms with Gasteiger partial charge in [-0.2, -0.15) is 0 Å². The van der Waals surface area contributed by atoms with E-state index < -0.39 is 11.7 Å². The van der Waals surface area contributed by atoms with Crippen molar-refractivity contribution in [2.45, 2.75) is 25.9 Å². The van der Waals surface area contributed by atoms with Crippen LogP contribution in [-0.2, 0) is 4.74 Å². The highest BCUT2D eigenvalue weighted by Gasteiger charge is 2.25. The molecule has 0 aromatic heterocycles. The lowest BCUT2D eigenvalue weighted by molar-refractivity contribution is 0.00784. The quantitative estimate of drug-likeness (QED) is 0.563. The highest BCUT2D eigenvalue weighted by atomic mass is 16.6. The molecule has 0 atom stereocenters. The fourth-order valence-corrected chi connectivity index (χ4v) is 1.20. The summed E-state index contributed by atoms with van der Waals surface area (Å²) in [6.45, 7) is 3.08. The summed E-state index contributed by atoms with van der Waals surface area (Å²) in [5.41, 5.74) is 4.10. The Morgan fingerprint density at radius 1 is 1.46 bits per heavy atom. The maximum absolute atomic E-state index is 10.4. The van der Waals surface area contributed by atoms with Crippen molar-refractivity contribution in [1.82, 2.24) is 0 Å². The van der Waals surface area contributed by atoms with Crippen LogP contribution in [0.5, 0.6) is 0 Å². The summed E-state index contributed by atoms with van der Waals surface area (Å²) < 4.78 is 4.79. The van der Waals surface area contributed by atoms with E-state index in [1.165, 1.54) is 0 Å². The largest absolute Gasteiger partial charge is 0.444 e. The fourth-order valence-electron chi connectivity index (χ4n) is 1.20. The lowest BCUT2D eigenvalue weighted by atomic mass is 9.94. The van der Waals surface area contributed by atoms with Gasteiger partial charge in [0.1, 0.15) is 5.60 Å². The minimum atomic E-state index is -0.848. The van der Waals surface area contributed by atoms with Gasteiger partial charge in [0, 0.05) is 19.1 Å². The van der Waals surface area contributed by atoms with Crippen molar-refractivity contribution in [1.29, 1.82) is 0 Å². The van der Waals surface area contributed by atoms with Crippen molar-refractivity contribution in [2.75, 3.05) is 13.2 Å². The zero-order chi connectivity index (χ0) is 10.5. The predicted molar refractivity (Wildman–Crippen MR) is 47.0 cm³/mol. The van der Waals surface area contributed by atoms with E-state index in [-0.39, 0.29) is 19.1 Å². The molecule has 0 rings (SSSR count). The first-order chi connectivity index (χ1) is 5.91. The van der Waals surface area contributed by atoms with Crippen LogP contribution in [0.3, 0.4) is 0 Å². The van der Waals surface area contributed by atoms with E-state index in [1.54, 1.807) is 13.8 Å². The number of amides is 1. The molecule has 0 unspecified atom stereocenters. The van der Waals surface area contributed by atoms with Crippen molar-refractivity contribution in [3.05, 3.63) is 0 Å². The number of ether oxygens (including phenoxy) is 1. The summed E-state index contributed by atoms with van der Waals surface area (Å²) >= 11 is 0. The van der Waals surface area contributed by atoms with Gasteiger partial charge >= 0.3 is 6.09 Å². The Kier molecular flexibility index (Phi) is 4.72. The molecule has 0 aliphatic heterocycles. The lowest BCUT2D eigenvalue weighted by Gasteiger charge is -2.27. The van der Waals surface area contributed by atoms with E-state index in [9.17, 15) is 4.79 Å². The maximum atomic E-state index is 10.4. The molecule has 0 saturated heterocycles. The SMILES string of the molecule is CC(C)(CC(CO)CO)OC(N)=O. The molecule has 78 valence electrons. The molecule has 0 aliphatic rings. The molecule has 0 bridgehead atoms. The summed E-state index contributed by atoms with van der Waals surface area (Å²) in [6.07, 6.45) is -0.470. The van der Waals surface area contributed by atoms with Crippen molar-refractivity contribution >= 4 is 6.09 Å². The highest BCUT2D eigenvalue weighted by molar-refractivity contribution is 5.65. The number of aliphatic hydroxyl groups excluding tert-OH is 2. The monoisotopic (exact) mass is 191 g/mol. The topological polar surface area (TPSA) is 92.8 Å². The Hall–Kier alpha value is -0.810. The van der Waals surface area contributed by atoms with E-state index in [1.807, 2.05) is 0 Å². The first kappa shape index (κ1) is 12.2. The van der Waals surface area contributed by atoms with Gasteiger partial charge < -0.3 is 20.7 Å². The van der Waals surface area contributed by atoms with Crippen LogP contribution in [0.15, 0.2) is 0 Å². The van der Waals surface area contributed by atoms with Crippen LogP contribution in [0, 0.1) is 5.92 Å². The van der Waals surface area contributed by atoms with Gasteiger partial charge in [0.25, 0.3) is 0 Å². The van der Waals surface area contributed by atoms with E-state index in [0.717, 1.165) is 0 Å². The Balaban J connectivity index is 4.05. The predicted octanol–water partition coefficient (Wildman–Crippen LogP) is -0.149. The van der Waals surface area contributed by atoms with Gasteiger partial charge in [-0.3, -0.25) is 0 Å². The average Bonchev–Trinajstić information content (AvgIpc) is 1.97. The van der Waals surface area contributed by atoms with Crippen molar-refractivity contribution < 1.29 is 19.7 Å². The van der Waals surface area contributed by atoms with Gasteiger partial charge in [0.15, 0.2) is 0 Å². The zero-order valence-electron chi connectivity index (χ0n) is 7.99. The molecule has 0 fully saturated rings. The maximum Gasteiger partial charge on any atom is 0.405 e. The van der Waals surface area contributed by atoms with Gasteiger partial charge in [0.2, 0.25) is 0 Å².